The van der Waals surface area contributed by atoms with Crippen molar-refractivity contribution in [2.24, 2.45) is 0 Å². The predicted octanol–water partition coefficient (Wildman–Crippen LogP) is 4.96. The number of alkyl halides is 3. The van der Waals surface area contributed by atoms with Crippen LogP contribution in [0.25, 0.3) is 0 Å². The third-order valence-electron chi connectivity index (χ3n) is 4.18. The lowest BCUT2D eigenvalue weighted by Crippen LogP contribution is -2.26. The molecule has 29 heavy (non-hydrogen) atoms. The smallest absolute Gasteiger partial charge is 0.306 e. The third-order valence-corrected chi connectivity index (χ3v) is 4.70. The number of nitrogens with one attached hydrogen (secondary N) is 1. The van der Waals surface area contributed by atoms with Crippen LogP contribution in [0.15, 0.2) is 36.5 Å². The number of hydrogen-bond acceptors (Lipinski definition) is 3. The molecule has 1 aromatic carbocycles. The predicted molar refractivity (Wildman–Crippen MR) is 103 cm³/mol. The number of rotatable bonds is 5. The molecule has 0 aliphatic rings. The second-order valence-corrected chi connectivity index (χ2v) is 7.27. The first kappa shape index (κ1) is 21.2. The number of benzene rings is 1. The summed E-state index contributed by atoms with van der Waals surface area (Å²) in [6.07, 6.45) is -3.05. The van der Waals surface area contributed by atoms with Crippen LogP contribution in [0.3, 0.4) is 0 Å². The zero-order valence-electron chi connectivity index (χ0n) is 15.3. The van der Waals surface area contributed by atoms with E-state index >= 15 is 0 Å². The number of carbonyl (C=O) groups is 1. The molecule has 1 N–H and O–H groups in total. The van der Waals surface area contributed by atoms with Crippen molar-refractivity contribution in [2.45, 2.75) is 32.6 Å². The standard InChI is InChI=1S/C18H16Cl2F3N5O/c1-10-7-15(18(21,22)23)25-28(10)11(2)17(29)24-16-14(20)9-27(26-16)8-12-3-5-13(19)6-4-12/h3-7,9,11H,8H2,1-2H3,(H,24,26,29). The molecule has 3 aromatic rings. The second kappa shape index (κ2) is 8.08. The van der Waals surface area contributed by atoms with Gasteiger partial charge in [0.2, 0.25) is 5.91 Å². The van der Waals surface area contributed by atoms with E-state index in [2.05, 4.69) is 15.5 Å². The van der Waals surface area contributed by atoms with Gasteiger partial charge in [0.1, 0.15) is 11.1 Å². The number of aryl methyl sites for hydroxylation is 1. The Labute approximate surface area is 174 Å². The van der Waals surface area contributed by atoms with Gasteiger partial charge in [-0.25, -0.2) is 0 Å². The minimum atomic E-state index is -4.59. The maximum absolute atomic E-state index is 12.8. The van der Waals surface area contributed by atoms with Crippen LogP contribution in [-0.2, 0) is 17.5 Å². The Balaban J connectivity index is 1.73. The van der Waals surface area contributed by atoms with Gasteiger partial charge in [0, 0.05) is 16.9 Å². The highest BCUT2D eigenvalue weighted by Crippen LogP contribution is 2.29. The molecule has 2 heterocycles. The van der Waals surface area contributed by atoms with Crippen molar-refractivity contribution >= 4 is 34.9 Å². The maximum Gasteiger partial charge on any atom is 0.435 e. The lowest BCUT2D eigenvalue weighted by molar-refractivity contribution is -0.141. The Kier molecular flexibility index (Phi) is 5.90. The summed E-state index contributed by atoms with van der Waals surface area (Å²) in [5.74, 6) is -0.484. The number of halogens is 5. The Hall–Kier alpha value is -2.52. The number of nitrogens with zero attached hydrogens (tertiary/aromatic N) is 4. The average Bonchev–Trinajstić information content (AvgIpc) is 3.19. The van der Waals surface area contributed by atoms with E-state index in [1.807, 2.05) is 12.1 Å². The Morgan fingerprint density at radius 1 is 1.21 bits per heavy atom. The van der Waals surface area contributed by atoms with E-state index in [1.165, 1.54) is 24.7 Å². The first-order chi connectivity index (χ1) is 13.5. The summed E-state index contributed by atoms with van der Waals surface area (Å²) in [4.78, 5) is 12.5. The lowest BCUT2D eigenvalue weighted by atomic mass is 10.2. The molecule has 11 heteroatoms. The van der Waals surface area contributed by atoms with Crippen molar-refractivity contribution in [1.82, 2.24) is 19.6 Å². The number of aromatic nitrogens is 4. The van der Waals surface area contributed by atoms with Crippen molar-refractivity contribution in [3.05, 3.63) is 63.5 Å². The Bertz CT molecular complexity index is 1030. The zero-order chi connectivity index (χ0) is 21.3. The van der Waals surface area contributed by atoms with E-state index in [0.29, 0.717) is 11.6 Å². The van der Waals surface area contributed by atoms with Crippen molar-refractivity contribution < 1.29 is 18.0 Å². The van der Waals surface area contributed by atoms with Crippen molar-refractivity contribution in [3.63, 3.8) is 0 Å². The third kappa shape index (κ3) is 4.91. The fourth-order valence-corrected chi connectivity index (χ4v) is 3.01. The summed E-state index contributed by atoms with van der Waals surface area (Å²) < 4.78 is 41.1. The Morgan fingerprint density at radius 3 is 2.45 bits per heavy atom. The molecular weight excluding hydrogens is 430 g/mol. The minimum Gasteiger partial charge on any atom is -0.306 e. The van der Waals surface area contributed by atoms with E-state index in [4.69, 9.17) is 23.2 Å². The number of anilines is 1. The van der Waals surface area contributed by atoms with Crippen LogP contribution in [0, 0.1) is 6.92 Å². The van der Waals surface area contributed by atoms with Gasteiger partial charge in [-0.3, -0.25) is 14.2 Å². The fourth-order valence-electron chi connectivity index (χ4n) is 2.69. The molecule has 1 atom stereocenters. The molecule has 0 saturated carbocycles. The van der Waals surface area contributed by atoms with Gasteiger partial charge in [0.25, 0.3) is 0 Å². The fraction of sp³-hybridized carbons (Fsp3) is 0.278. The SMILES string of the molecule is Cc1cc(C(F)(F)F)nn1C(C)C(=O)Nc1nn(Cc2ccc(Cl)cc2)cc1Cl. The molecule has 0 fully saturated rings. The monoisotopic (exact) mass is 445 g/mol. The molecule has 6 nitrogen and oxygen atoms in total. The van der Waals surface area contributed by atoms with Gasteiger partial charge >= 0.3 is 6.18 Å². The molecule has 0 aliphatic carbocycles. The lowest BCUT2D eigenvalue weighted by Gasteiger charge is -2.13. The molecule has 0 radical (unpaired) electrons. The summed E-state index contributed by atoms with van der Waals surface area (Å²) in [6.45, 7) is 3.28. The van der Waals surface area contributed by atoms with Crippen LogP contribution in [0.4, 0.5) is 19.0 Å². The highest BCUT2D eigenvalue weighted by molar-refractivity contribution is 6.33. The van der Waals surface area contributed by atoms with Gasteiger partial charge in [-0.15, -0.1) is 0 Å². The summed E-state index contributed by atoms with van der Waals surface area (Å²) >= 11 is 12.0. The molecular formula is C18H16Cl2F3N5O. The first-order valence-corrected chi connectivity index (χ1v) is 9.22. The zero-order valence-corrected chi connectivity index (χ0v) is 16.8. The van der Waals surface area contributed by atoms with Gasteiger partial charge in [-0.1, -0.05) is 35.3 Å². The molecule has 2 aromatic heterocycles. The molecule has 0 spiro atoms. The highest BCUT2D eigenvalue weighted by atomic mass is 35.5. The first-order valence-electron chi connectivity index (χ1n) is 8.46. The molecule has 154 valence electrons. The van der Waals surface area contributed by atoms with E-state index < -0.39 is 23.8 Å². The van der Waals surface area contributed by atoms with Crippen molar-refractivity contribution in [3.8, 4) is 0 Å². The minimum absolute atomic E-state index is 0.110. The quantitative estimate of drug-likeness (QED) is 0.603. The second-order valence-electron chi connectivity index (χ2n) is 6.43. The number of amides is 1. The highest BCUT2D eigenvalue weighted by Gasteiger charge is 2.35. The molecule has 3 rings (SSSR count). The normalized spacial score (nSPS) is 12.8. The Morgan fingerprint density at radius 2 is 1.86 bits per heavy atom. The molecule has 0 saturated heterocycles. The average molecular weight is 446 g/mol. The molecule has 0 bridgehead atoms. The van der Waals surface area contributed by atoms with E-state index in [-0.39, 0.29) is 16.5 Å². The summed E-state index contributed by atoms with van der Waals surface area (Å²) in [5.41, 5.74) is 0.0749. The summed E-state index contributed by atoms with van der Waals surface area (Å²) in [5, 5.41) is 11.1. The molecule has 1 unspecified atom stereocenters. The number of hydrogen-bond donors (Lipinski definition) is 1. The van der Waals surface area contributed by atoms with Crippen LogP contribution in [0.1, 0.15) is 29.9 Å². The van der Waals surface area contributed by atoms with Crippen LogP contribution in [0.2, 0.25) is 10.0 Å². The maximum atomic E-state index is 12.8. The van der Waals surface area contributed by atoms with Gasteiger partial charge in [0.05, 0.1) is 6.54 Å². The van der Waals surface area contributed by atoms with Crippen LogP contribution >= 0.6 is 23.2 Å². The van der Waals surface area contributed by atoms with Crippen LogP contribution in [-0.4, -0.2) is 25.5 Å². The topological polar surface area (TPSA) is 64.7 Å². The van der Waals surface area contributed by atoms with Gasteiger partial charge < -0.3 is 5.32 Å². The van der Waals surface area contributed by atoms with E-state index in [0.717, 1.165) is 16.3 Å². The van der Waals surface area contributed by atoms with Gasteiger partial charge in [-0.05, 0) is 37.6 Å². The number of carbonyl (C=O) groups excluding carboxylic acids is 1. The van der Waals surface area contributed by atoms with Crippen molar-refractivity contribution in [1.29, 1.82) is 0 Å². The summed E-state index contributed by atoms with van der Waals surface area (Å²) in [7, 11) is 0. The molecule has 1 amide bonds. The van der Waals surface area contributed by atoms with Crippen LogP contribution < -0.4 is 5.32 Å². The van der Waals surface area contributed by atoms with Gasteiger partial charge in [-0.2, -0.15) is 23.4 Å². The van der Waals surface area contributed by atoms with E-state index in [9.17, 15) is 18.0 Å². The van der Waals surface area contributed by atoms with Crippen LogP contribution in [0.5, 0.6) is 0 Å². The molecule has 0 aliphatic heterocycles. The van der Waals surface area contributed by atoms with E-state index in [1.54, 1.807) is 12.1 Å². The van der Waals surface area contributed by atoms with Gasteiger partial charge in [0.15, 0.2) is 11.5 Å². The largest absolute Gasteiger partial charge is 0.435 e. The summed E-state index contributed by atoms with van der Waals surface area (Å²) in [6, 6.07) is 7.04. The van der Waals surface area contributed by atoms with Crippen molar-refractivity contribution in [2.75, 3.05) is 5.32 Å².